The van der Waals surface area contributed by atoms with Gasteiger partial charge in [0.25, 0.3) is 5.54 Å². The van der Waals surface area contributed by atoms with E-state index in [2.05, 4.69) is 0 Å². The number of fused-ring (bicyclic) bond motifs is 3. The van der Waals surface area contributed by atoms with Crippen molar-refractivity contribution in [3.8, 4) is 0 Å². The van der Waals surface area contributed by atoms with E-state index in [0.29, 0.717) is 5.56 Å². The number of ether oxygens (including phenoxy) is 3. The second-order valence-corrected chi connectivity index (χ2v) is 8.16. The van der Waals surface area contributed by atoms with E-state index in [1.807, 2.05) is 0 Å². The van der Waals surface area contributed by atoms with E-state index in [1.54, 1.807) is 61.5 Å². The zero-order valence-electron chi connectivity index (χ0n) is 19.4. The number of allylic oxidation sites excluding steroid dienone is 1. The first kappa shape index (κ1) is 23.9. The number of nitro groups is 1. The van der Waals surface area contributed by atoms with Gasteiger partial charge in [-0.05, 0) is 24.6 Å². The largest absolute Gasteiger partial charge is 0.462 e. The quantitative estimate of drug-likeness (QED) is 0.275. The van der Waals surface area contributed by atoms with Crippen molar-refractivity contribution in [3.63, 3.8) is 0 Å². The average molecular weight is 480 g/mol. The molecule has 0 aromatic heterocycles. The van der Waals surface area contributed by atoms with Gasteiger partial charge in [0.15, 0.2) is 6.04 Å². The SMILES string of the molecule is CCOC(=O)C1=C(OC(C)=O)C[C@@H](c2ccccc2)[C@]2([N+](=O)[O-])c3ccccc3N(C(=O)OC)[C@H]12. The molecule has 0 spiro atoms. The van der Waals surface area contributed by atoms with Gasteiger partial charge < -0.3 is 14.2 Å². The minimum Gasteiger partial charge on any atom is -0.462 e. The minimum absolute atomic E-state index is 0.0266. The Morgan fingerprint density at radius 1 is 1.11 bits per heavy atom. The van der Waals surface area contributed by atoms with Crippen molar-refractivity contribution < 1.29 is 33.5 Å². The van der Waals surface area contributed by atoms with Crippen LogP contribution < -0.4 is 4.90 Å². The summed E-state index contributed by atoms with van der Waals surface area (Å²) in [6.45, 7) is 2.73. The van der Waals surface area contributed by atoms with E-state index >= 15 is 0 Å². The summed E-state index contributed by atoms with van der Waals surface area (Å²) in [5.74, 6) is -2.59. The molecular formula is C25H24N2O8. The molecule has 0 bridgehead atoms. The van der Waals surface area contributed by atoms with Crippen LogP contribution in [-0.2, 0) is 29.3 Å². The first-order valence-corrected chi connectivity index (χ1v) is 11.0. The van der Waals surface area contributed by atoms with E-state index in [4.69, 9.17) is 14.2 Å². The van der Waals surface area contributed by atoms with E-state index < -0.39 is 40.5 Å². The second-order valence-electron chi connectivity index (χ2n) is 8.16. The molecule has 0 unspecified atom stereocenters. The summed E-state index contributed by atoms with van der Waals surface area (Å²) in [5.41, 5.74) is -1.18. The number of esters is 2. The van der Waals surface area contributed by atoms with E-state index in [9.17, 15) is 24.5 Å². The predicted molar refractivity (Wildman–Crippen MR) is 123 cm³/mol. The number of anilines is 1. The van der Waals surface area contributed by atoms with E-state index in [0.717, 1.165) is 12.0 Å². The fraction of sp³-hybridized carbons (Fsp3) is 0.320. The van der Waals surface area contributed by atoms with Crippen molar-refractivity contribution in [2.24, 2.45) is 0 Å². The lowest BCUT2D eigenvalue weighted by Crippen LogP contribution is -2.59. The van der Waals surface area contributed by atoms with Gasteiger partial charge in [0.1, 0.15) is 11.3 Å². The van der Waals surface area contributed by atoms with Gasteiger partial charge >= 0.3 is 18.0 Å². The first-order valence-electron chi connectivity index (χ1n) is 11.0. The highest BCUT2D eigenvalue weighted by Gasteiger charge is 2.71. The molecule has 0 N–H and O–H groups in total. The second kappa shape index (κ2) is 9.21. The molecule has 0 fully saturated rings. The summed E-state index contributed by atoms with van der Waals surface area (Å²) in [5, 5.41) is 13.2. The molecule has 2 aliphatic rings. The molecule has 4 rings (SSSR count). The Morgan fingerprint density at radius 2 is 1.77 bits per heavy atom. The number of carbonyl (C=O) groups excluding carboxylic acids is 3. The van der Waals surface area contributed by atoms with Crippen molar-refractivity contribution in [3.05, 3.63) is 87.2 Å². The molecule has 10 nitrogen and oxygen atoms in total. The molecule has 182 valence electrons. The lowest BCUT2D eigenvalue weighted by Gasteiger charge is -2.41. The average Bonchev–Trinajstić information content (AvgIpc) is 3.15. The van der Waals surface area contributed by atoms with Crippen LogP contribution in [0.15, 0.2) is 65.9 Å². The van der Waals surface area contributed by atoms with Crippen molar-refractivity contribution in [2.45, 2.75) is 37.8 Å². The fourth-order valence-corrected chi connectivity index (χ4v) is 5.23. The molecule has 35 heavy (non-hydrogen) atoms. The number of para-hydroxylation sites is 1. The normalized spacial score (nSPS) is 22.7. The molecule has 2 aromatic rings. The van der Waals surface area contributed by atoms with Gasteiger partial charge in [-0.15, -0.1) is 0 Å². The number of methoxy groups -OCH3 is 1. The smallest absolute Gasteiger partial charge is 0.414 e. The van der Waals surface area contributed by atoms with E-state index in [-0.39, 0.29) is 35.6 Å². The molecule has 1 aliphatic carbocycles. The Morgan fingerprint density at radius 3 is 2.37 bits per heavy atom. The summed E-state index contributed by atoms with van der Waals surface area (Å²) in [6, 6.07) is 13.6. The standard InChI is InChI=1S/C25H24N2O8/c1-4-34-23(29)21-20(35-15(2)28)14-18(16-10-6-5-7-11-16)25(27(31)32)17-12-8-9-13-19(17)26(22(21)25)24(30)33-3/h5-13,18,22H,4,14H2,1-3H3/t18-,22+,25+/m0/s1. The van der Waals surface area contributed by atoms with Gasteiger partial charge in [-0.3, -0.25) is 19.8 Å². The van der Waals surface area contributed by atoms with Gasteiger partial charge in [0, 0.05) is 18.3 Å². The third-order valence-electron chi connectivity index (χ3n) is 6.40. The highest BCUT2D eigenvalue weighted by molar-refractivity contribution is 6.00. The van der Waals surface area contributed by atoms with Crippen LogP contribution in [0.1, 0.15) is 37.3 Å². The molecule has 1 heterocycles. The molecule has 0 radical (unpaired) electrons. The monoisotopic (exact) mass is 480 g/mol. The Hall–Kier alpha value is -4.21. The predicted octanol–water partition coefficient (Wildman–Crippen LogP) is 3.68. The minimum atomic E-state index is -1.99. The maximum atomic E-state index is 13.3. The molecular weight excluding hydrogens is 456 g/mol. The molecule has 1 aliphatic heterocycles. The summed E-state index contributed by atoms with van der Waals surface area (Å²) in [7, 11) is 1.15. The van der Waals surface area contributed by atoms with Crippen molar-refractivity contribution in [1.82, 2.24) is 0 Å². The number of nitrogens with zero attached hydrogens (tertiary/aromatic N) is 2. The van der Waals surface area contributed by atoms with Crippen molar-refractivity contribution in [2.75, 3.05) is 18.6 Å². The number of carbonyl (C=O) groups is 3. The lowest BCUT2D eigenvalue weighted by atomic mass is 9.64. The summed E-state index contributed by atoms with van der Waals surface area (Å²) < 4.78 is 15.7. The highest BCUT2D eigenvalue weighted by atomic mass is 16.6. The molecule has 1 amide bonds. The number of hydrogen-bond acceptors (Lipinski definition) is 8. The third kappa shape index (κ3) is 3.61. The first-order chi connectivity index (χ1) is 16.8. The maximum absolute atomic E-state index is 13.3. The Balaban J connectivity index is 2.14. The summed E-state index contributed by atoms with van der Waals surface area (Å²) in [4.78, 5) is 52.2. The summed E-state index contributed by atoms with van der Waals surface area (Å²) in [6.07, 6.45) is -1.04. The van der Waals surface area contributed by atoms with Crippen LogP contribution >= 0.6 is 0 Å². The van der Waals surface area contributed by atoms with Crippen LogP contribution in [0.3, 0.4) is 0 Å². The van der Waals surface area contributed by atoms with E-state index in [1.165, 1.54) is 6.92 Å². The van der Waals surface area contributed by atoms with Crippen molar-refractivity contribution >= 4 is 23.7 Å². The van der Waals surface area contributed by atoms with Gasteiger partial charge in [-0.25, -0.2) is 9.59 Å². The molecule has 0 saturated heterocycles. The molecule has 2 aromatic carbocycles. The number of benzene rings is 2. The Bertz CT molecular complexity index is 1220. The topological polar surface area (TPSA) is 125 Å². The van der Waals surface area contributed by atoms with Crippen LogP contribution in [0.2, 0.25) is 0 Å². The van der Waals surface area contributed by atoms with Crippen LogP contribution in [0, 0.1) is 10.1 Å². The zero-order valence-corrected chi connectivity index (χ0v) is 19.4. The zero-order chi connectivity index (χ0) is 25.3. The van der Waals surface area contributed by atoms with Gasteiger partial charge in [-0.2, -0.15) is 0 Å². The Labute approximate surface area is 201 Å². The number of rotatable bonds is 5. The lowest BCUT2D eigenvalue weighted by molar-refractivity contribution is -0.586. The maximum Gasteiger partial charge on any atom is 0.414 e. The van der Waals surface area contributed by atoms with Gasteiger partial charge in [0.05, 0.1) is 30.9 Å². The van der Waals surface area contributed by atoms with Gasteiger partial charge in [-0.1, -0.05) is 42.5 Å². The highest BCUT2D eigenvalue weighted by Crippen LogP contribution is 2.60. The Kier molecular flexibility index (Phi) is 6.29. The fourth-order valence-electron chi connectivity index (χ4n) is 5.23. The number of amides is 1. The van der Waals surface area contributed by atoms with Crippen LogP contribution in [0.4, 0.5) is 10.5 Å². The van der Waals surface area contributed by atoms with Crippen molar-refractivity contribution in [1.29, 1.82) is 0 Å². The van der Waals surface area contributed by atoms with Crippen LogP contribution in [0.25, 0.3) is 0 Å². The van der Waals surface area contributed by atoms with Gasteiger partial charge in [0.2, 0.25) is 0 Å². The third-order valence-corrected chi connectivity index (χ3v) is 6.40. The molecule has 3 atom stereocenters. The van der Waals surface area contributed by atoms with Crippen LogP contribution in [0.5, 0.6) is 0 Å². The van der Waals surface area contributed by atoms with Crippen LogP contribution in [-0.4, -0.2) is 42.7 Å². The molecule has 0 saturated carbocycles. The molecule has 10 heteroatoms. The number of hydrogen-bond donors (Lipinski definition) is 0. The summed E-state index contributed by atoms with van der Waals surface area (Å²) >= 11 is 0.